The van der Waals surface area contributed by atoms with Crippen LogP contribution in [0.4, 0.5) is 70.2 Å². The first-order chi connectivity index (χ1) is 12.3. The molecule has 0 spiro atoms. The smallest absolute Gasteiger partial charge is 0.363 e. The van der Waals surface area contributed by atoms with Crippen LogP contribution in [-0.2, 0) is 4.74 Å². The van der Waals surface area contributed by atoms with Crippen LogP contribution in [0, 0.1) is 0 Å². The van der Waals surface area contributed by atoms with E-state index in [0.717, 1.165) is 0 Å². The molecule has 1 fully saturated rings. The second-order valence-electron chi connectivity index (χ2n) is 6.26. The quantitative estimate of drug-likeness (QED) is 0.334. The third kappa shape index (κ3) is 3.04. The zero-order valence-electron chi connectivity index (χ0n) is 13.6. The fraction of sp³-hybridized carbons (Fsp3) is 1.00. The van der Waals surface area contributed by atoms with Crippen molar-refractivity contribution in [1.29, 1.82) is 0 Å². The lowest BCUT2D eigenvalue weighted by atomic mass is 9.81. The van der Waals surface area contributed by atoms with Crippen LogP contribution in [0.15, 0.2) is 0 Å². The summed E-state index contributed by atoms with van der Waals surface area (Å²) in [4.78, 5) is 0. The van der Waals surface area contributed by atoms with E-state index in [-0.39, 0.29) is 0 Å². The van der Waals surface area contributed by atoms with Crippen molar-refractivity contribution in [2.45, 2.75) is 73.4 Å². The second kappa shape index (κ2) is 6.18. The van der Waals surface area contributed by atoms with Gasteiger partial charge in [-0.2, -0.15) is 65.9 Å². The lowest BCUT2D eigenvalue weighted by Gasteiger charge is -2.45. The molecule has 0 saturated carbocycles. The molecule has 1 nitrogen and oxygen atoms in total. The minimum absolute atomic E-state index is 0.558. The highest BCUT2D eigenvalue weighted by atomic mass is 19.4. The predicted molar refractivity (Wildman–Crippen MR) is 59.6 cm³/mol. The van der Waals surface area contributed by atoms with Gasteiger partial charge in [-0.15, -0.1) is 0 Å². The molecule has 0 amide bonds. The lowest BCUT2D eigenvalue weighted by Crippen LogP contribution is -2.75. The first-order valence-corrected chi connectivity index (χ1v) is 6.94. The molecule has 1 rings (SSSR count). The van der Waals surface area contributed by atoms with Gasteiger partial charge in [-0.1, -0.05) is 0 Å². The molecule has 17 heteroatoms. The van der Waals surface area contributed by atoms with Crippen LogP contribution in [0.25, 0.3) is 0 Å². The number of halogens is 16. The van der Waals surface area contributed by atoms with Gasteiger partial charge >= 0.3 is 41.7 Å². The Kier molecular flexibility index (Phi) is 5.52. The normalized spacial score (nSPS) is 25.0. The SMILES string of the molecule is CC1OC1C(F)(F)C(F)(F)C(F)(F)C(F)(F)C(C)(F)C(F)(F)C(F)(F)C(F)(F)F. The molecule has 0 aromatic rings. The highest BCUT2D eigenvalue weighted by Crippen LogP contribution is 2.64. The van der Waals surface area contributed by atoms with E-state index < -0.39 is 66.5 Å². The van der Waals surface area contributed by atoms with E-state index in [1.165, 1.54) is 0 Å². The molecule has 0 aromatic heterocycles. The van der Waals surface area contributed by atoms with Crippen molar-refractivity contribution in [2.24, 2.45) is 0 Å². The number of hydrogen-bond donors (Lipinski definition) is 0. The summed E-state index contributed by atoms with van der Waals surface area (Å²) in [7, 11) is 0. The van der Waals surface area contributed by atoms with Crippen molar-refractivity contribution in [3.8, 4) is 0 Å². The van der Waals surface area contributed by atoms with E-state index in [9.17, 15) is 70.2 Å². The van der Waals surface area contributed by atoms with Crippen molar-refractivity contribution < 1.29 is 75.0 Å². The predicted octanol–water partition coefficient (Wildman–Crippen LogP) is 5.88. The molecular formula is C12H8F16O. The molecule has 3 atom stereocenters. The minimum atomic E-state index is -7.89. The fourth-order valence-corrected chi connectivity index (χ4v) is 2.12. The number of alkyl halides is 16. The van der Waals surface area contributed by atoms with Crippen LogP contribution in [0.1, 0.15) is 13.8 Å². The maximum atomic E-state index is 13.8. The first-order valence-electron chi connectivity index (χ1n) is 6.94. The summed E-state index contributed by atoms with van der Waals surface area (Å²) in [5.41, 5.74) is -7.10. The summed E-state index contributed by atoms with van der Waals surface area (Å²) < 4.78 is 214. The third-order valence-corrected chi connectivity index (χ3v) is 4.21. The van der Waals surface area contributed by atoms with Crippen LogP contribution < -0.4 is 0 Å². The molecule has 1 heterocycles. The van der Waals surface area contributed by atoms with Crippen molar-refractivity contribution in [2.75, 3.05) is 0 Å². The Hall–Kier alpha value is -1.16. The van der Waals surface area contributed by atoms with E-state index >= 15 is 0 Å². The standard InChI is InChI=1S/C12H8F16O/c1-3-4(29-3)6(14,15)9(20,21)10(22,23)7(16,17)5(2,13)8(18,19)11(24,25)12(26,27)28/h3-4H,1-2H3. The maximum Gasteiger partial charge on any atom is 0.460 e. The summed E-state index contributed by atoms with van der Waals surface area (Å²) in [6, 6.07) is 0. The van der Waals surface area contributed by atoms with Crippen molar-refractivity contribution in [1.82, 2.24) is 0 Å². The Morgan fingerprint density at radius 1 is 0.517 bits per heavy atom. The minimum Gasteiger partial charge on any atom is -0.363 e. The average molecular weight is 472 g/mol. The third-order valence-electron chi connectivity index (χ3n) is 4.21. The van der Waals surface area contributed by atoms with Crippen molar-refractivity contribution in [3.05, 3.63) is 0 Å². The first kappa shape index (κ1) is 25.9. The number of ether oxygens (including phenoxy) is 1. The Morgan fingerprint density at radius 3 is 1.10 bits per heavy atom. The summed E-state index contributed by atoms with van der Waals surface area (Å²) >= 11 is 0. The van der Waals surface area contributed by atoms with Gasteiger partial charge in [0.25, 0.3) is 0 Å². The van der Waals surface area contributed by atoms with E-state index in [1.54, 1.807) is 0 Å². The summed E-state index contributed by atoms with van der Waals surface area (Å²) in [6.45, 7) is -1.12. The Morgan fingerprint density at radius 2 is 0.828 bits per heavy atom. The van der Waals surface area contributed by atoms with Gasteiger partial charge in [-0.3, -0.25) is 0 Å². The monoisotopic (exact) mass is 472 g/mol. The highest BCUT2D eigenvalue weighted by molar-refractivity contribution is 5.19. The molecule has 0 N–H and O–H groups in total. The van der Waals surface area contributed by atoms with Crippen LogP contribution in [0.3, 0.4) is 0 Å². The van der Waals surface area contributed by atoms with Crippen LogP contribution >= 0.6 is 0 Å². The molecule has 0 aliphatic carbocycles. The fourth-order valence-electron chi connectivity index (χ4n) is 2.12. The van der Waals surface area contributed by atoms with E-state index in [0.29, 0.717) is 6.92 Å². The molecule has 0 bridgehead atoms. The van der Waals surface area contributed by atoms with Gasteiger partial charge in [0, 0.05) is 0 Å². The molecular weight excluding hydrogens is 464 g/mol. The van der Waals surface area contributed by atoms with E-state index in [1.807, 2.05) is 0 Å². The van der Waals surface area contributed by atoms with Gasteiger partial charge < -0.3 is 4.74 Å². The molecule has 1 saturated heterocycles. The van der Waals surface area contributed by atoms with Crippen LogP contribution in [-0.4, -0.2) is 59.6 Å². The van der Waals surface area contributed by atoms with Gasteiger partial charge in [0.15, 0.2) is 6.10 Å². The Bertz CT molecular complexity index is 632. The van der Waals surface area contributed by atoms with Crippen molar-refractivity contribution >= 4 is 0 Å². The molecule has 1 aliphatic heterocycles. The summed E-state index contributed by atoms with van der Waals surface area (Å²) in [5.74, 6) is -45.0. The zero-order chi connectivity index (χ0) is 23.9. The van der Waals surface area contributed by atoms with E-state index in [4.69, 9.17) is 0 Å². The number of hydrogen-bond acceptors (Lipinski definition) is 1. The number of epoxide rings is 1. The molecule has 3 unspecified atom stereocenters. The summed E-state index contributed by atoms with van der Waals surface area (Å²) in [6.07, 6.45) is -12.6. The lowest BCUT2D eigenvalue weighted by molar-refractivity contribution is -0.435. The van der Waals surface area contributed by atoms with Gasteiger partial charge in [0.1, 0.15) is 0 Å². The van der Waals surface area contributed by atoms with Gasteiger partial charge in [0.05, 0.1) is 6.10 Å². The maximum absolute atomic E-state index is 13.8. The van der Waals surface area contributed by atoms with Gasteiger partial charge in [-0.25, -0.2) is 4.39 Å². The van der Waals surface area contributed by atoms with Gasteiger partial charge in [-0.05, 0) is 13.8 Å². The summed E-state index contributed by atoms with van der Waals surface area (Å²) in [5, 5.41) is 0. The largest absolute Gasteiger partial charge is 0.460 e. The van der Waals surface area contributed by atoms with Crippen LogP contribution in [0.5, 0.6) is 0 Å². The molecule has 29 heavy (non-hydrogen) atoms. The zero-order valence-corrected chi connectivity index (χ0v) is 13.6. The topological polar surface area (TPSA) is 12.5 Å². The Labute approximate surface area is 150 Å². The van der Waals surface area contributed by atoms with Gasteiger partial charge in [0.2, 0.25) is 5.67 Å². The van der Waals surface area contributed by atoms with Crippen molar-refractivity contribution in [3.63, 3.8) is 0 Å². The van der Waals surface area contributed by atoms with E-state index in [2.05, 4.69) is 4.74 Å². The molecule has 0 aromatic carbocycles. The second-order valence-corrected chi connectivity index (χ2v) is 6.26. The average Bonchev–Trinajstić information content (AvgIpc) is 3.22. The molecule has 0 radical (unpaired) electrons. The molecule has 1 aliphatic rings. The number of rotatable bonds is 7. The van der Waals surface area contributed by atoms with Crippen LogP contribution in [0.2, 0.25) is 0 Å². The highest BCUT2D eigenvalue weighted by Gasteiger charge is 2.93. The molecule has 174 valence electrons. The Balaban J connectivity index is 3.58.